The van der Waals surface area contributed by atoms with Crippen LogP contribution in [0.2, 0.25) is 0 Å². The van der Waals surface area contributed by atoms with Gasteiger partial charge in [-0.1, -0.05) is 12.1 Å². The van der Waals surface area contributed by atoms with Crippen LogP contribution < -0.4 is 9.64 Å². The molecule has 1 unspecified atom stereocenters. The SMILES string of the molecule is Cc1ccc(C(O)=C2C(=O)C(=O)N(c3ccc(C)nn3)C2c2ccc(OC(F)(F)F)cc2)cn1. The molecule has 1 fully saturated rings. The van der Waals surface area contributed by atoms with E-state index in [1.165, 1.54) is 30.5 Å². The van der Waals surface area contributed by atoms with Gasteiger partial charge in [0.2, 0.25) is 0 Å². The molecule has 0 aliphatic carbocycles. The number of hydrogen-bond acceptors (Lipinski definition) is 7. The lowest BCUT2D eigenvalue weighted by Crippen LogP contribution is -2.30. The predicted octanol–water partition coefficient (Wildman–Crippen LogP) is 4.01. The highest BCUT2D eigenvalue weighted by Gasteiger charge is 2.47. The highest BCUT2D eigenvalue weighted by atomic mass is 19.4. The summed E-state index contributed by atoms with van der Waals surface area (Å²) in [6.07, 6.45) is -3.53. The molecular formula is C23H17F3N4O4. The summed E-state index contributed by atoms with van der Waals surface area (Å²) in [5.74, 6) is -2.88. The first kappa shape index (κ1) is 22.9. The average molecular weight is 470 g/mol. The Morgan fingerprint density at radius 2 is 1.65 bits per heavy atom. The second-order valence-corrected chi connectivity index (χ2v) is 7.51. The Balaban J connectivity index is 1.87. The lowest BCUT2D eigenvalue weighted by molar-refractivity contribution is -0.274. The van der Waals surface area contributed by atoms with Gasteiger partial charge in [-0.15, -0.1) is 18.3 Å². The van der Waals surface area contributed by atoms with Gasteiger partial charge in [-0.3, -0.25) is 19.5 Å². The number of aliphatic hydroxyl groups excluding tert-OH is 1. The molecule has 8 nitrogen and oxygen atoms in total. The van der Waals surface area contributed by atoms with Crippen LogP contribution in [0.4, 0.5) is 19.0 Å². The number of carbonyl (C=O) groups is 2. The molecule has 0 radical (unpaired) electrons. The van der Waals surface area contributed by atoms with Crippen molar-refractivity contribution < 1.29 is 32.6 Å². The van der Waals surface area contributed by atoms with Gasteiger partial charge in [-0.05, 0) is 55.8 Å². The van der Waals surface area contributed by atoms with E-state index in [9.17, 15) is 27.9 Å². The highest BCUT2D eigenvalue weighted by molar-refractivity contribution is 6.51. The molecule has 3 aromatic rings. The van der Waals surface area contributed by atoms with Crippen LogP contribution in [0.25, 0.3) is 5.76 Å². The lowest BCUT2D eigenvalue weighted by atomic mass is 9.95. The van der Waals surface area contributed by atoms with E-state index in [1.807, 2.05) is 0 Å². The van der Waals surface area contributed by atoms with Crippen LogP contribution in [0.1, 0.15) is 28.6 Å². The molecule has 4 rings (SSSR count). The lowest BCUT2D eigenvalue weighted by Gasteiger charge is -2.24. The zero-order valence-corrected chi connectivity index (χ0v) is 17.9. The van der Waals surface area contributed by atoms with Gasteiger partial charge in [0, 0.05) is 17.5 Å². The number of benzene rings is 1. The number of aliphatic hydroxyl groups is 1. The molecule has 11 heteroatoms. The van der Waals surface area contributed by atoms with E-state index in [0.29, 0.717) is 11.4 Å². The van der Waals surface area contributed by atoms with Gasteiger partial charge >= 0.3 is 12.3 Å². The van der Waals surface area contributed by atoms with Crippen LogP contribution in [-0.4, -0.2) is 38.3 Å². The second-order valence-electron chi connectivity index (χ2n) is 7.51. The number of pyridine rings is 1. The average Bonchev–Trinajstić information content (AvgIpc) is 3.04. The van der Waals surface area contributed by atoms with E-state index >= 15 is 0 Å². The van der Waals surface area contributed by atoms with Gasteiger partial charge in [-0.2, -0.15) is 5.10 Å². The Morgan fingerprint density at radius 1 is 0.971 bits per heavy atom. The summed E-state index contributed by atoms with van der Waals surface area (Å²) in [7, 11) is 0. The van der Waals surface area contributed by atoms with Gasteiger partial charge in [0.25, 0.3) is 5.78 Å². The number of ketones is 1. The molecule has 1 saturated heterocycles. The van der Waals surface area contributed by atoms with Gasteiger partial charge < -0.3 is 9.84 Å². The van der Waals surface area contributed by atoms with Crippen molar-refractivity contribution in [2.24, 2.45) is 0 Å². The van der Waals surface area contributed by atoms with Crippen molar-refractivity contribution in [2.45, 2.75) is 26.3 Å². The fraction of sp³-hybridized carbons (Fsp3) is 0.174. The maximum Gasteiger partial charge on any atom is 0.573 e. The van der Waals surface area contributed by atoms with Crippen molar-refractivity contribution in [3.05, 3.63) is 82.8 Å². The largest absolute Gasteiger partial charge is 0.573 e. The van der Waals surface area contributed by atoms with Crippen molar-refractivity contribution in [3.8, 4) is 5.75 Å². The smallest absolute Gasteiger partial charge is 0.507 e. The topological polar surface area (TPSA) is 106 Å². The molecule has 1 aliphatic heterocycles. The standard InChI is InChI=1S/C23H17F3N4O4/c1-12-3-5-15(11-27-12)20(31)18-19(14-6-8-16(9-7-14)34-23(24,25)26)30(22(33)21(18)32)17-10-4-13(2)28-29-17/h3-11,19,31H,1-2H3. The number of nitrogens with zero attached hydrogens (tertiary/aromatic N) is 4. The van der Waals surface area contributed by atoms with E-state index in [-0.39, 0.29) is 22.5 Å². The third kappa shape index (κ3) is 4.45. The molecule has 1 aromatic carbocycles. The zero-order chi connectivity index (χ0) is 24.6. The number of halogens is 3. The minimum atomic E-state index is -4.88. The molecule has 1 atom stereocenters. The molecule has 0 bridgehead atoms. The highest BCUT2D eigenvalue weighted by Crippen LogP contribution is 2.42. The molecule has 34 heavy (non-hydrogen) atoms. The summed E-state index contributed by atoms with van der Waals surface area (Å²) in [5, 5.41) is 18.9. The first-order valence-corrected chi connectivity index (χ1v) is 9.95. The number of aromatic nitrogens is 3. The molecule has 0 spiro atoms. The zero-order valence-electron chi connectivity index (χ0n) is 17.9. The van der Waals surface area contributed by atoms with E-state index in [0.717, 1.165) is 17.0 Å². The molecule has 0 saturated carbocycles. The van der Waals surface area contributed by atoms with E-state index in [2.05, 4.69) is 19.9 Å². The molecular weight excluding hydrogens is 453 g/mol. The summed E-state index contributed by atoms with van der Waals surface area (Å²) in [6.45, 7) is 3.43. The fourth-order valence-corrected chi connectivity index (χ4v) is 3.52. The van der Waals surface area contributed by atoms with Crippen molar-refractivity contribution in [2.75, 3.05) is 4.90 Å². The summed E-state index contributed by atoms with van der Waals surface area (Å²) in [5.41, 5.74) is 1.42. The van der Waals surface area contributed by atoms with Crippen molar-refractivity contribution in [1.82, 2.24) is 15.2 Å². The van der Waals surface area contributed by atoms with Crippen LogP contribution in [0.3, 0.4) is 0 Å². The number of Topliss-reactive ketones (excluding diaryl/α,β-unsaturated/α-hetero) is 1. The first-order chi connectivity index (χ1) is 16.0. The van der Waals surface area contributed by atoms with E-state index in [1.54, 1.807) is 26.0 Å². The van der Waals surface area contributed by atoms with Crippen molar-refractivity contribution in [1.29, 1.82) is 0 Å². The van der Waals surface area contributed by atoms with Crippen molar-refractivity contribution >= 4 is 23.3 Å². The van der Waals surface area contributed by atoms with E-state index < -0.39 is 35.6 Å². The number of rotatable bonds is 4. The third-order valence-electron chi connectivity index (χ3n) is 5.09. The predicted molar refractivity (Wildman–Crippen MR) is 114 cm³/mol. The van der Waals surface area contributed by atoms with Crippen LogP contribution in [0, 0.1) is 13.8 Å². The summed E-state index contributed by atoms with van der Waals surface area (Å²) < 4.78 is 41.6. The fourth-order valence-electron chi connectivity index (χ4n) is 3.52. The van der Waals surface area contributed by atoms with Gasteiger partial charge in [0.05, 0.1) is 17.3 Å². The second kappa shape index (κ2) is 8.58. The summed E-state index contributed by atoms with van der Waals surface area (Å²) in [4.78, 5) is 31.2. The minimum absolute atomic E-state index is 0.0365. The summed E-state index contributed by atoms with van der Waals surface area (Å²) >= 11 is 0. The Labute approximate surface area is 191 Å². The Bertz CT molecular complexity index is 1270. The maximum atomic E-state index is 13.0. The number of hydrogen-bond donors (Lipinski definition) is 1. The quantitative estimate of drug-likeness (QED) is 0.349. The molecule has 3 heterocycles. The monoisotopic (exact) mass is 470 g/mol. The first-order valence-electron chi connectivity index (χ1n) is 9.95. The number of alkyl halides is 3. The number of ether oxygens (including phenoxy) is 1. The Morgan fingerprint density at radius 3 is 2.21 bits per heavy atom. The van der Waals surface area contributed by atoms with E-state index in [4.69, 9.17) is 0 Å². The van der Waals surface area contributed by atoms with Crippen LogP contribution in [-0.2, 0) is 9.59 Å². The third-order valence-corrected chi connectivity index (χ3v) is 5.09. The van der Waals surface area contributed by atoms with Crippen LogP contribution in [0.5, 0.6) is 5.75 Å². The number of anilines is 1. The minimum Gasteiger partial charge on any atom is -0.507 e. The number of aryl methyl sites for hydroxylation is 2. The van der Waals surface area contributed by atoms with Gasteiger partial charge in [0.1, 0.15) is 11.5 Å². The van der Waals surface area contributed by atoms with Crippen molar-refractivity contribution in [3.63, 3.8) is 0 Å². The summed E-state index contributed by atoms with van der Waals surface area (Å²) in [6, 6.07) is 9.69. The molecule has 1 aliphatic rings. The van der Waals surface area contributed by atoms with Crippen LogP contribution in [0.15, 0.2) is 60.3 Å². The Hall–Kier alpha value is -4.28. The molecule has 1 N–H and O–H groups in total. The number of amides is 1. The molecule has 174 valence electrons. The Kier molecular flexibility index (Phi) is 5.78. The number of carbonyl (C=O) groups excluding carboxylic acids is 2. The molecule has 1 amide bonds. The van der Waals surface area contributed by atoms with Gasteiger partial charge in [-0.25, -0.2) is 0 Å². The maximum absolute atomic E-state index is 13.0. The molecule has 2 aromatic heterocycles. The normalized spacial score (nSPS) is 17.8. The van der Waals surface area contributed by atoms with Gasteiger partial charge in [0.15, 0.2) is 5.82 Å². The van der Waals surface area contributed by atoms with Crippen LogP contribution >= 0.6 is 0 Å².